The number of hydrogen-bond acceptors (Lipinski definition) is 3. The number of guanidine groups is 1. The Kier molecular flexibility index (Phi) is 9.12. The molecule has 0 amide bonds. The molecule has 2 aromatic rings. The first kappa shape index (κ1) is 22.6. The molecule has 8 heteroatoms. The summed E-state index contributed by atoms with van der Waals surface area (Å²) in [5, 5.41) is 17.5. The van der Waals surface area contributed by atoms with Crippen LogP contribution in [0.3, 0.4) is 0 Å². The number of aliphatic hydroxyl groups excluding tert-OH is 1. The molecule has 2 atom stereocenters. The van der Waals surface area contributed by atoms with Gasteiger partial charge in [-0.2, -0.15) is 0 Å². The van der Waals surface area contributed by atoms with Gasteiger partial charge in [-0.25, -0.2) is 4.99 Å². The number of aliphatic imine (C=N–C) groups is 1. The summed E-state index contributed by atoms with van der Waals surface area (Å²) >= 11 is 12.1. The molecule has 0 radical (unpaired) electrons. The fourth-order valence-electron chi connectivity index (χ4n) is 2.59. The lowest BCUT2D eigenvalue weighted by Gasteiger charge is -2.18. The summed E-state index contributed by atoms with van der Waals surface area (Å²) in [5.41, 5.74) is 1.98. The quantitative estimate of drug-likeness (QED) is 0.423. The van der Waals surface area contributed by atoms with E-state index in [0.717, 1.165) is 11.3 Å². The van der Waals surface area contributed by atoms with E-state index in [0.29, 0.717) is 35.8 Å². The van der Waals surface area contributed by atoms with Crippen LogP contribution in [-0.2, 0) is 18.3 Å². The van der Waals surface area contributed by atoms with Gasteiger partial charge in [-0.3, -0.25) is 0 Å². The average Bonchev–Trinajstić information content (AvgIpc) is 2.95. The van der Waals surface area contributed by atoms with Crippen LogP contribution in [0.1, 0.15) is 31.2 Å². The SMILES string of the molecule is CCNC(=NCc1cc(Cl)c(Cl)n1C)NCC(O)COC(C)c1ccccc1. The Morgan fingerprint density at radius 1 is 1.25 bits per heavy atom. The van der Waals surface area contributed by atoms with Gasteiger partial charge < -0.3 is 25.0 Å². The number of aromatic nitrogens is 1. The molecule has 6 nitrogen and oxygen atoms in total. The third-order valence-electron chi connectivity index (χ3n) is 4.27. The van der Waals surface area contributed by atoms with Gasteiger partial charge in [0, 0.05) is 25.8 Å². The summed E-state index contributed by atoms with van der Waals surface area (Å²) in [5.74, 6) is 0.603. The lowest BCUT2D eigenvalue weighted by atomic mass is 10.1. The first-order chi connectivity index (χ1) is 13.4. The molecule has 154 valence electrons. The van der Waals surface area contributed by atoms with E-state index in [4.69, 9.17) is 27.9 Å². The summed E-state index contributed by atoms with van der Waals surface area (Å²) < 4.78 is 7.56. The Morgan fingerprint density at radius 3 is 2.57 bits per heavy atom. The molecular formula is C20H28Cl2N4O2. The van der Waals surface area contributed by atoms with Crippen molar-refractivity contribution in [3.63, 3.8) is 0 Å². The van der Waals surface area contributed by atoms with Crippen LogP contribution in [0.15, 0.2) is 41.4 Å². The molecule has 1 aromatic heterocycles. The van der Waals surface area contributed by atoms with Crippen LogP contribution in [0.4, 0.5) is 0 Å². The minimum atomic E-state index is -0.658. The van der Waals surface area contributed by atoms with Crippen molar-refractivity contribution < 1.29 is 9.84 Å². The molecule has 0 spiro atoms. The third-order valence-corrected chi connectivity index (χ3v) is 5.11. The van der Waals surface area contributed by atoms with Crippen molar-refractivity contribution in [3.8, 4) is 0 Å². The number of nitrogens with zero attached hydrogens (tertiary/aromatic N) is 2. The van der Waals surface area contributed by atoms with Crippen LogP contribution >= 0.6 is 23.2 Å². The predicted molar refractivity (Wildman–Crippen MR) is 115 cm³/mol. The maximum Gasteiger partial charge on any atom is 0.191 e. The highest BCUT2D eigenvalue weighted by Gasteiger charge is 2.11. The molecular weight excluding hydrogens is 399 g/mol. The molecule has 0 aliphatic heterocycles. The molecule has 0 bridgehead atoms. The zero-order valence-corrected chi connectivity index (χ0v) is 18.0. The van der Waals surface area contributed by atoms with Gasteiger partial charge in [-0.15, -0.1) is 0 Å². The molecule has 1 heterocycles. The number of benzene rings is 1. The largest absolute Gasteiger partial charge is 0.389 e. The molecule has 28 heavy (non-hydrogen) atoms. The first-order valence-electron chi connectivity index (χ1n) is 9.28. The van der Waals surface area contributed by atoms with Crippen molar-refractivity contribution in [1.82, 2.24) is 15.2 Å². The zero-order chi connectivity index (χ0) is 20.5. The van der Waals surface area contributed by atoms with Crippen molar-refractivity contribution in [2.45, 2.75) is 32.6 Å². The van der Waals surface area contributed by atoms with E-state index in [1.165, 1.54) is 0 Å². The van der Waals surface area contributed by atoms with Crippen LogP contribution in [-0.4, -0.2) is 41.4 Å². The number of aliphatic hydroxyl groups is 1. The molecule has 0 aliphatic rings. The van der Waals surface area contributed by atoms with Crippen LogP contribution < -0.4 is 10.6 Å². The summed E-state index contributed by atoms with van der Waals surface area (Å²) in [6.45, 7) is 5.62. The maximum atomic E-state index is 10.2. The number of rotatable bonds is 9. The van der Waals surface area contributed by atoms with Crippen molar-refractivity contribution >= 4 is 29.2 Å². The van der Waals surface area contributed by atoms with Crippen molar-refractivity contribution in [2.75, 3.05) is 19.7 Å². The molecule has 0 saturated heterocycles. The Balaban J connectivity index is 1.83. The summed E-state index contributed by atoms with van der Waals surface area (Å²) in [7, 11) is 1.84. The zero-order valence-electron chi connectivity index (χ0n) is 16.5. The summed E-state index contributed by atoms with van der Waals surface area (Å²) in [6.07, 6.45) is -0.737. The van der Waals surface area contributed by atoms with E-state index in [9.17, 15) is 5.11 Å². The van der Waals surface area contributed by atoms with Gasteiger partial charge in [0.05, 0.1) is 30.4 Å². The second-order valence-corrected chi connectivity index (χ2v) is 7.21. The van der Waals surface area contributed by atoms with E-state index in [1.807, 2.05) is 51.2 Å². The smallest absolute Gasteiger partial charge is 0.191 e. The molecule has 3 N–H and O–H groups in total. The van der Waals surface area contributed by atoms with Crippen LogP contribution in [0.5, 0.6) is 0 Å². The lowest BCUT2D eigenvalue weighted by molar-refractivity contribution is -0.000599. The standard InChI is InChI=1S/C20H28Cl2N4O2/c1-4-23-20(24-11-16-10-18(21)19(22)26(16)3)25-12-17(27)13-28-14(2)15-8-6-5-7-9-15/h5-10,14,17,27H,4,11-13H2,1-3H3,(H2,23,24,25). The highest BCUT2D eigenvalue weighted by molar-refractivity contribution is 6.41. The molecule has 1 aromatic carbocycles. The number of hydrogen-bond donors (Lipinski definition) is 3. The van der Waals surface area contributed by atoms with E-state index in [2.05, 4.69) is 15.6 Å². The van der Waals surface area contributed by atoms with Crippen molar-refractivity contribution in [3.05, 3.63) is 57.8 Å². The van der Waals surface area contributed by atoms with Crippen molar-refractivity contribution in [2.24, 2.45) is 12.0 Å². The normalized spacial score (nSPS) is 14.0. The minimum Gasteiger partial charge on any atom is -0.389 e. The number of ether oxygens (including phenoxy) is 1. The molecule has 0 fully saturated rings. The first-order valence-corrected chi connectivity index (χ1v) is 10.0. The molecule has 2 rings (SSSR count). The average molecular weight is 427 g/mol. The van der Waals surface area contributed by atoms with Gasteiger partial charge in [-0.05, 0) is 25.5 Å². The third kappa shape index (κ3) is 6.71. The summed E-state index contributed by atoms with van der Waals surface area (Å²) in [4.78, 5) is 4.52. The predicted octanol–water partition coefficient (Wildman–Crippen LogP) is 3.53. The second kappa shape index (κ2) is 11.3. The second-order valence-electron chi connectivity index (χ2n) is 6.45. The number of halogens is 2. The molecule has 2 unspecified atom stereocenters. The Labute approximate surface area is 176 Å². The van der Waals surface area contributed by atoms with E-state index in [-0.39, 0.29) is 12.7 Å². The molecule has 0 aliphatic carbocycles. The fraction of sp³-hybridized carbons (Fsp3) is 0.450. The Morgan fingerprint density at radius 2 is 1.96 bits per heavy atom. The maximum absolute atomic E-state index is 10.2. The topological polar surface area (TPSA) is 70.8 Å². The Bertz CT molecular complexity index is 765. The van der Waals surface area contributed by atoms with Gasteiger partial charge in [-0.1, -0.05) is 53.5 Å². The Hall–Kier alpha value is -1.73. The van der Waals surface area contributed by atoms with E-state index in [1.54, 1.807) is 10.6 Å². The van der Waals surface area contributed by atoms with Crippen LogP contribution in [0.25, 0.3) is 0 Å². The lowest BCUT2D eigenvalue weighted by Crippen LogP contribution is -2.42. The minimum absolute atomic E-state index is 0.0791. The highest BCUT2D eigenvalue weighted by atomic mass is 35.5. The van der Waals surface area contributed by atoms with Gasteiger partial charge in [0.15, 0.2) is 5.96 Å². The van der Waals surface area contributed by atoms with Crippen LogP contribution in [0, 0.1) is 0 Å². The van der Waals surface area contributed by atoms with Gasteiger partial charge in [0.25, 0.3) is 0 Å². The highest BCUT2D eigenvalue weighted by Crippen LogP contribution is 2.25. The summed E-state index contributed by atoms with van der Waals surface area (Å²) in [6, 6.07) is 11.7. The van der Waals surface area contributed by atoms with Gasteiger partial charge >= 0.3 is 0 Å². The molecule has 0 saturated carbocycles. The monoisotopic (exact) mass is 426 g/mol. The fourth-order valence-corrected chi connectivity index (χ4v) is 3.01. The van der Waals surface area contributed by atoms with Gasteiger partial charge in [0.2, 0.25) is 0 Å². The van der Waals surface area contributed by atoms with Gasteiger partial charge in [0.1, 0.15) is 5.15 Å². The van der Waals surface area contributed by atoms with Crippen LogP contribution in [0.2, 0.25) is 10.2 Å². The van der Waals surface area contributed by atoms with E-state index < -0.39 is 6.10 Å². The van der Waals surface area contributed by atoms with E-state index >= 15 is 0 Å². The van der Waals surface area contributed by atoms with Crippen molar-refractivity contribution in [1.29, 1.82) is 0 Å². The number of nitrogens with one attached hydrogen (secondary N) is 2.